The van der Waals surface area contributed by atoms with Gasteiger partial charge in [-0.1, -0.05) is 55.0 Å². The average Bonchev–Trinajstić information content (AvgIpc) is 3.15. The van der Waals surface area contributed by atoms with Gasteiger partial charge in [-0.2, -0.15) is 0 Å². The zero-order valence-corrected chi connectivity index (χ0v) is 23.2. The minimum Gasteiger partial charge on any atom is -0.493 e. The number of allylic oxidation sites excluding steroid dienone is 1. The van der Waals surface area contributed by atoms with Gasteiger partial charge < -0.3 is 14.2 Å². The van der Waals surface area contributed by atoms with Gasteiger partial charge in [-0.25, -0.2) is 9.79 Å². The van der Waals surface area contributed by atoms with Crippen LogP contribution >= 0.6 is 22.9 Å². The molecule has 1 aromatic heterocycles. The lowest BCUT2D eigenvalue weighted by Gasteiger charge is -2.25. The Bertz CT molecular complexity index is 1620. The first kappa shape index (κ1) is 27.3. The second-order valence-electron chi connectivity index (χ2n) is 9.13. The van der Waals surface area contributed by atoms with Crippen molar-refractivity contribution < 1.29 is 23.8 Å². The largest absolute Gasteiger partial charge is 0.493 e. The summed E-state index contributed by atoms with van der Waals surface area (Å²) in [5, 5.41) is 0.551. The van der Waals surface area contributed by atoms with Crippen LogP contribution in [0.1, 0.15) is 44.9 Å². The summed E-state index contributed by atoms with van der Waals surface area (Å²) in [5.41, 5.74) is 1.71. The van der Waals surface area contributed by atoms with E-state index in [4.69, 9.17) is 25.8 Å². The Kier molecular flexibility index (Phi) is 8.18. The van der Waals surface area contributed by atoms with Gasteiger partial charge in [0.2, 0.25) is 0 Å². The number of nitrogens with zero attached hydrogens (tertiary/aromatic N) is 2. The molecule has 0 N–H and O–H groups in total. The number of hydrogen-bond acceptors (Lipinski definition) is 8. The summed E-state index contributed by atoms with van der Waals surface area (Å²) in [5.74, 6) is -0.429. The standard InChI is InChI=1S/C28H27ClN2O6S/c1-15(2)14-36-27(34)24-16(3)30-28-31(26(33)23(38-28)12-18-7-6-8-20(29)11-18)25(24)19-9-10-21(37-17(4)32)22(13-19)35-5/h6-13,15,25H,14H2,1-5H3/b23-12-/t25-/m1/s1. The molecule has 0 fully saturated rings. The third kappa shape index (κ3) is 5.74. The number of thiazole rings is 1. The molecule has 1 aliphatic rings. The molecule has 0 spiro atoms. The van der Waals surface area contributed by atoms with Crippen LogP contribution in [-0.4, -0.2) is 30.2 Å². The Morgan fingerprint density at radius 3 is 2.61 bits per heavy atom. The smallest absolute Gasteiger partial charge is 0.338 e. The second kappa shape index (κ2) is 11.4. The lowest BCUT2D eigenvalue weighted by atomic mass is 9.95. The normalized spacial score (nSPS) is 15.2. The van der Waals surface area contributed by atoms with Crippen LogP contribution in [-0.2, 0) is 14.3 Å². The van der Waals surface area contributed by atoms with E-state index in [0.717, 1.165) is 5.56 Å². The average molecular weight is 555 g/mol. The van der Waals surface area contributed by atoms with Gasteiger partial charge in [-0.05, 0) is 54.3 Å². The van der Waals surface area contributed by atoms with Crippen LogP contribution in [0.25, 0.3) is 6.08 Å². The number of fused-ring (bicyclic) bond motifs is 1. The van der Waals surface area contributed by atoms with Crippen molar-refractivity contribution in [1.82, 2.24) is 4.57 Å². The number of aromatic nitrogens is 1. The Labute approximate surface area is 228 Å². The number of hydrogen-bond donors (Lipinski definition) is 0. The molecule has 38 heavy (non-hydrogen) atoms. The molecule has 0 aliphatic carbocycles. The first-order chi connectivity index (χ1) is 18.1. The van der Waals surface area contributed by atoms with Crippen LogP contribution in [0.5, 0.6) is 11.5 Å². The van der Waals surface area contributed by atoms with Crippen LogP contribution in [0.3, 0.4) is 0 Å². The van der Waals surface area contributed by atoms with E-state index in [1.807, 2.05) is 19.9 Å². The van der Waals surface area contributed by atoms with E-state index < -0.39 is 18.0 Å². The zero-order valence-electron chi connectivity index (χ0n) is 21.6. The molecule has 4 rings (SSSR count). The van der Waals surface area contributed by atoms with E-state index in [1.165, 1.54) is 29.9 Å². The van der Waals surface area contributed by atoms with E-state index >= 15 is 0 Å². The maximum absolute atomic E-state index is 13.8. The van der Waals surface area contributed by atoms with Crippen LogP contribution < -0.4 is 24.4 Å². The van der Waals surface area contributed by atoms with E-state index in [-0.39, 0.29) is 35.2 Å². The predicted molar refractivity (Wildman–Crippen MR) is 145 cm³/mol. The lowest BCUT2D eigenvalue weighted by molar-refractivity contribution is -0.140. The number of carbonyl (C=O) groups is 2. The number of rotatable bonds is 7. The summed E-state index contributed by atoms with van der Waals surface area (Å²) < 4.78 is 18.2. The molecule has 198 valence electrons. The van der Waals surface area contributed by atoms with Gasteiger partial charge in [-0.3, -0.25) is 14.2 Å². The van der Waals surface area contributed by atoms with E-state index in [1.54, 1.807) is 49.4 Å². The van der Waals surface area contributed by atoms with Gasteiger partial charge in [0, 0.05) is 11.9 Å². The Morgan fingerprint density at radius 1 is 1.18 bits per heavy atom. The van der Waals surface area contributed by atoms with Crippen molar-refractivity contribution in [3.05, 3.63) is 89.6 Å². The highest BCUT2D eigenvalue weighted by molar-refractivity contribution is 7.07. The highest BCUT2D eigenvalue weighted by Gasteiger charge is 2.34. The van der Waals surface area contributed by atoms with Gasteiger partial charge in [-0.15, -0.1) is 0 Å². The monoisotopic (exact) mass is 554 g/mol. The first-order valence-corrected chi connectivity index (χ1v) is 13.1. The number of methoxy groups -OCH3 is 1. The Morgan fingerprint density at radius 2 is 1.95 bits per heavy atom. The summed E-state index contributed by atoms with van der Waals surface area (Å²) in [4.78, 5) is 43.7. The van der Waals surface area contributed by atoms with Gasteiger partial charge in [0.15, 0.2) is 16.3 Å². The Balaban J connectivity index is 1.93. The first-order valence-electron chi connectivity index (χ1n) is 11.9. The quantitative estimate of drug-likeness (QED) is 0.323. The minimum absolute atomic E-state index is 0.125. The number of benzene rings is 2. The summed E-state index contributed by atoms with van der Waals surface area (Å²) in [6.07, 6.45) is 1.74. The molecule has 2 aromatic carbocycles. The van der Waals surface area contributed by atoms with Crippen LogP contribution in [0, 0.1) is 5.92 Å². The maximum atomic E-state index is 13.8. The Hall–Kier alpha value is -3.69. The van der Waals surface area contributed by atoms with Crippen LogP contribution in [0.15, 0.2) is 63.5 Å². The minimum atomic E-state index is -0.840. The molecule has 10 heteroatoms. The number of ether oxygens (including phenoxy) is 3. The van der Waals surface area contributed by atoms with Gasteiger partial charge in [0.25, 0.3) is 5.56 Å². The third-order valence-electron chi connectivity index (χ3n) is 5.69. The molecular weight excluding hydrogens is 528 g/mol. The number of halogens is 1. The molecule has 0 amide bonds. The fourth-order valence-corrected chi connectivity index (χ4v) is 5.30. The molecular formula is C28H27ClN2O6S. The van der Waals surface area contributed by atoms with Crippen molar-refractivity contribution in [3.8, 4) is 11.5 Å². The van der Waals surface area contributed by atoms with Gasteiger partial charge in [0.1, 0.15) is 0 Å². The van der Waals surface area contributed by atoms with Crippen molar-refractivity contribution in [3.63, 3.8) is 0 Å². The topological polar surface area (TPSA) is 96.2 Å². The maximum Gasteiger partial charge on any atom is 0.338 e. The van der Waals surface area contributed by atoms with Crippen molar-refractivity contribution >= 4 is 41.0 Å². The second-order valence-corrected chi connectivity index (χ2v) is 10.6. The molecule has 0 saturated heterocycles. The fraction of sp³-hybridized carbons (Fsp3) is 0.286. The summed E-state index contributed by atoms with van der Waals surface area (Å²) >= 11 is 7.35. The number of carbonyl (C=O) groups excluding carboxylic acids is 2. The predicted octanol–water partition coefficient (Wildman–Crippen LogP) is 4.02. The number of esters is 2. The third-order valence-corrected chi connectivity index (χ3v) is 6.91. The van der Waals surface area contributed by atoms with Gasteiger partial charge in [0.05, 0.1) is 35.6 Å². The summed E-state index contributed by atoms with van der Waals surface area (Å²) in [6, 6.07) is 11.2. The molecule has 0 saturated carbocycles. The van der Waals surface area contributed by atoms with Crippen molar-refractivity contribution in [2.24, 2.45) is 10.9 Å². The zero-order chi connectivity index (χ0) is 27.6. The fourth-order valence-electron chi connectivity index (χ4n) is 4.06. The highest BCUT2D eigenvalue weighted by Crippen LogP contribution is 2.36. The van der Waals surface area contributed by atoms with E-state index in [2.05, 4.69) is 4.99 Å². The van der Waals surface area contributed by atoms with E-state index in [0.29, 0.717) is 25.6 Å². The lowest BCUT2D eigenvalue weighted by Crippen LogP contribution is -2.40. The van der Waals surface area contributed by atoms with E-state index in [9.17, 15) is 14.4 Å². The molecule has 0 radical (unpaired) electrons. The molecule has 2 heterocycles. The van der Waals surface area contributed by atoms with Crippen molar-refractivity contribution in [2.45, 2.75) is 33.7 Å². The SMILES string of the molecule is COc1cc([C@@H]2C(C(=O)OCC(C)C)=C(C)N=c3s/c(=C\c4cccc(Cl)c4)c(=O)n32)ccc1OC(C)=O. The molecule has 1 aliphatic heterocycles. The summed E-state index contributed by atoms with van der Waals surface area (Å²) in [7, 11) is 1.45. The summed E-state index contributed by atoms with van der Waals surface area (Å²) in [6.45, 7) is 7.11. The van der Waals surface area contributed by atoms with Crippen molar-refractivity contribution in [1.29, 1.82) is 0 Å². The molecule has 3 aromatic rings. The van der Waals surface area contributed by atoms with Gasteiger partial charge >= 0.3 is 11.9 Å². The highest BCUT2D eigenvalue weighted by atomic mass is 35.5. The molecule has 1 atom stereocenters. The molecule has 0 bridgehead atoms. The molecule has 0 unspecified atom stereocenters. The molecule has 8 nitrogen and oxygen atoms in total. The van der Waals surface area contributed by atoms with Crippen LogP contribution in [0.4, 0.5) is 0 Å². The van der Waals surface area contributed by atoms with Crippen molar-refractivity contribution in [2.75, 3.05) is 13.7 Å². The van der Waals surface area contributed by atoms with Crippen LogP contribution in [0.2, 0.25) is 5.02 Å².